The molecule has 12 aromatic heterocycles. The van der Waals surface area contributed by atoms with Gasteiger partial charge in [-0.2, -0.15) is 60.3 Å². The highest BCUT2D eigenvalue weighted by Crippen LogP contribution is 2.32. The molecule has 43 nitrogen and oxygen atoms in total. The quantitative estimate of drug-likeness (QED) is 0.0760. The number of benzene rings is 4. The van der Waals surface area contributed by atoms with Crippen molar-refractivity contribution in [3.8, 4) is 23.3 Å². The zero-order valence-corrected chi connectivity index (χ0v) is 61.6. The number of piperazine rings is 1. The topological polar surface area (TPSA) is 510 Å². The number of aromatic nitrogens is 24. The summed E-state index contributed by atoms with van der Waals surface area (Å²) >= 11 is 0. The maximum atomic E-state index is 12.3. The van der Waals surface area contributed by atoms with Crippen molar-refractivity contribution in [1.82, 2.24) is 123 Å². The fourth-order valence-corrected chi connectivity index (χ4v) is 14.0. The smallest absolute Gasteiger partial charge is 0.323 e. The fraction of sp³-hybridized carbons (Fsp3) is 0.257. The molecule has 0 saturated carbocycles. The Hall–Kier alpha value is -15.4. The third-order valence-electron chi connectivity index (χ3n) is 19.6. The van der Waals surface area contributed by atoms with Crippen LogP contribution in [-0.4, -0.2) is 263 Å². The number of hydrogen-bond acceptors (Lipinski definition) is 28. The van der Waals surface area contributed by atoms with Gasteiger partial charge in [0, 0.05) is 60.8 Å². The molecule has 0 radical (unpaired) electrons. The first-order valence-electron chi connectivity index (χ1n) is 36.6. The molecular formula is C74H67N29O14. The van der Waals surface area contributed by atoms with E-state index in [0.717, 1.165) is 43.6 Å². The van der Waals surface area contributed by atoms with Gasteiger partial charge in [-0.15, -0.1) is 0 Å². The van der Waals surface area contributed by atoms with Crippen LogP contribution in [0.2, 0.25) is 0 Å². The summed E-state index contributed by atoms with van der Waals surface area (Å²) < 4.78 is 23.1. The number of amides is 2. The molecule has 4 aromatic carbocycles. The molecule has 117 heavy (non-hydrogen) atoms. The molecule has 0 atom stereocenters. The van der Waals surface area contributed by atoms with Crippen molar-refractivity contribution in [2.45, 2.75) is 39.0 Å². The predicted molar refractivity (Wildman–Crippen MR) is 414 cm³/mol. The largest absolute Gasteiger partial charge is 0.481 e. The number of fused-ring (bicyclic) bond motifs is 8. The molecule has 4 aliphatic heterocycles. The molecular weight excluding hydrogens is 1520 g/mol. The van der Waals surface area contributed by atoms with Crippen molar-refractivity contribution in [1.29, 1.82) is 0 Å². The lowest BCUT2D eigenvalue weighted by molar-refractivity contribution is -0.142. The van der Waals surface area contributed by atoms with E-state index in [1.165, 1.54) is 48.5 Å². The highest BCUT2D eigenvalue weighted by Gasteiger charge is 2.32. The van der Waals surface area contributed by atoms with Crippen LogP contribution in [0.1, 0.15) is 12.8 Å². The minimum absolute atomic E-state index is 0.0597. The number of anilines is 4. The van der Waals surface area contributed by atoms with Crippen LogP contribution in [0.5, 0.6) is 0 Å². The number of carbonyl (C=O) groups excluding carboxylic acids is 2. The number of nitrogens with zero attached hydrogens (tertiary/aromatic N) is 28. The summed E-state index contributed by atoms with van der Waals surface area (Å²) in [6.45, 7) is 4.15. The SMILES string of the molecule is O=C(O)Cn1cnc2c(-n3ncc4ccccc43)nc(N3CCC(C(=O)O)CC3)nc21.O=C(O)Cn1cnc2c(-n3ncc4ccccc43)nc(N3CCNC(=O)C3)nc21.O=C(O)Cn1cnc2c(-n3ncc4ccccc43)nc(N3CCOCC3)nc21.O=C(O)Cn1cnc2c(-n3ncc4ccccc43)nc(N3CCOCC3=O)nc21. The molecule has 592 valence electrons. The molecule has 4 aliphatic rings. The lowest BCUT2D eigenvalue weighted by Gasteiger charge is -2.30. The van der Waals surface area contributed by atoms with Gasteiger partial charge in [-0.3, -0.25) is 38.5 Å². The van der Waals surface area contributed by atoms with Crippen LogP contribution < -0.4 is 24.9 Å². The molecule has 0 spiro atoms. The van der Waals surface area contributed by atoms with Crippen LogP contribution in [0.15, 0.2) is 147 Å². The average Bonchev–Trinajstić information content (AvgIpc) is 1.64. The summed E-state index contributed by atoms with van der Waals surface area (Å²) in [6.07, 6.45) is 13.7. The van der Waals surface area contributed by atoms with E-state index in [1.807, 2.05) is 107 Å². The summed E-state index contributed by atoms with van der Waals surface area (Å²) in [5.74, 6) is -2.39. The Kier molecular flexibility index (Phi) is 20.1. The van der Waals surface area contributed by atoms with Crippen molar-refractivity contribution in [2.75, 3.05) is 98.4 Å². The van der Waals surface area contributed by atoms with Crippen LogP contribution >= 0.6 is 0 Å². The number of nitrogens with one attached hydrogen (secondary N) is 1. The molecule has 2 amide bonds. The van der Waals surface area contributed by atoms with Crippen molar-refractivity contribution >= 4 is 154 Å². The number of piperidine rings is 1. The lowest BCUT2D eigenvalue weighted by Crippen LogP contribution is -2.48. The minimum atomic E-state index is -1.03. The first-order chi connectivity index (χ1) is 56.9. The van der Waals surface area contributed by atoms with Gasteiger partial charge < -0.3 is 73.3 Å². The van der Waals surface area contributed by atoms with Gasteiger partial charge in [0.05, 0.1) is 111 Å². The van der Waals surface area contributed by atoms with E-state index in [2.05, 4.69) is 75.6 Å². The summed E-state index contributed by atoms with van der Waals surface area (Å²) in [4.78, 5) is 142. The number of ether oxygens (including phenoxy) is 2. The highest BCUT2D eigenvalue weighted by atomic mass is 16.5. The normalized spacial score (nSPS) is 14.8. The number of rotatable bonds is 17. The Morgan fingerprint density at radius 2 is 0.726 bits per heavy atom. The molecule has 6 N–H and O–H groups in total. The Morgan fingerprint density at radius 3 is 1.08 bits per heavy atom. The van der Waals surface area contributed by atoms with Gasteiger partial charge in [0.2, 0.25) is 29.7 Å². The average molecular weight is 1590 g/mol. The second-order valence-corrected chi connectivity index (χ2v) is 27.2. The van der Waals surface area contributed by atoms with Gasteiger partial charge in [0.1, 0.15) is 32.8 Å². The molecule has 4 saturated heterocycles. The number of hydrogen-bond donors (Lipinski definition) is 6. The van der Waals surface area contributed by atoms with Gasteiger partial charge in [-0.1, -0.05) is 72.8 Å². The van der Waals surface area contributed by atoms with Gasteiger partial charge in [-0.05, 0) is 37.1 Å². The standard InChI is InChI=1S/C20H19N7O4.C18H16N8O3.C18H15N7O4.C18H17N7O3/c28-15(29)10-26-11-21-16-17(26)23-20(25-7-5-12(6-8-25)19(30)31)24-18(16)27-14-4-2-1-3-13(14)9-22-27;27-13-8-24(6-5-19-13)18-22-16-15(20-10-25(16)9-14(28)29)17(23-18)26-12-4-2-1-3-11(12)7-21-26;26-13-9-29-6-5-24(13)18-21-16-15(19-10-23(16)8-14(27)28)17(22-18)25-12-4-2-1-3-11(12)7-20-25;26-14(27)10-24-11-19-15-16(24)21-18(23-5-7-28-8-6-23)22-17(15)25-13-4-2-1-3-12(13)9-20-25/h1-4,9,11-12H,5-8,10H2,(H,28,29)(H,30,31);1-4,7,10H,5-6,8-9H2,(H,19,27)(H,28,29);1-4,7,10H,5-6,8-9H2,(H,27,28);1-4,9,11H,5-8,10H2,(H,26,27). The summed E-state index contributed by atoms with van der Waals surface area (Å²) in [5, 5.41) is 70.5. The van der Waals surface area contributed by atoms with E-state index in [9.17, 15) is 59.1 Å². The highest BCUT2D eigenvalue weighted by molar-refractivity contribution is 5.96. The number of aliphatic carboxylic acids is 5. The summed E-state index contributed by atoms with van der Waals surface area (Å²) in [5.41, 5.74) is 6.69. The maximum Gasteiger partial charge on any atom is 0.323 e. The zero-order valence-electron chi connectivity index (χ0n) is 61.6. The predicted octanol–water partition coefficient (Wildman–Crippen LogP) is 3.44. The second-order valence-electron chi connectivity index (χ2n) is 27.2. The second kappa shape index (κ2) is 31.6. The van der Waals surface area contributed by atoms with E-state index in [1.54, 1.807) is 48.4 Å². The van der Waals surface area contributed by atoms with Crippen LogP contribution in [-0.2, 0) is 69.2 Å². The fourth-order valence-electron chi connectivity index (χ4n) is 14.0. The molecule has 0 aliphatic carbocycles. The van der Waals surface area contributed by atoms with Crippen molar-refractivity contribution in [3.05, 3.63) is 147 Å². The lowest BCUT2D eigenvalue weighted by atomic mass is 9.97. The van der Waals surface area contributed by atoms with Gasteiger partial charge in [0.15, 0.2) is 67.9 Å². The van der Waals surface area contributed by atoms with Crippen LogP contribution in [0, 0.1) is 5.92 Å². The Labute approximate surface area is 655 Å². The number of carboxylic acids is 5. The van der Waals surface area contributed by atoms with Gasteiger partial charge in [0.25, 0.3) is 5.91 Å². The van der Waals surface area contributed by atoms with Gasteiger partial charge >= 0.3 is 29.8 Å². The monoisotopic (exact) mass is 1590 g/mol. The Bertz CT molecular complexity index is 6560. The van der Waals surface area contributed by atoms with E-state index in [0.29, 0.717) is 164 Å². The van der Waals surface area contributed by atoms with Crippen molar-refractivity contribution in [3.63, 3.8) is 0 Å². The Balaban J connectivity index is 0.000000112. The van der Waals surface area contributed by atoms with E-state index in [4.69, 9.17) is 19.4 Å². The third kappa shape index (κ3) is 15.0. The maximum absolute atomic E-state index is 12.3. The Morgan fingerprint density at radius 1 is 0.393 bits per heavy atom. The number of carbonyl (C=O) groups is 7. The molecule has 0 bridgehead atoms. The van der Waals surface area contributed by atoms with Crippen LogP contribution in [0.25, 0.3) is 112 Å². The van der Waals surface area contributed by atoms with Crippen LogP contribution in [0.3, 0.4) is 0 Å². The molecule has 43 heteroatoms. The number of morpholine rings is 2. The molecule has 0 unspecified atom stereocenters. The first-order valence-corrected chi connectivity index (χ1v) is 36.6. The van der Waals surface area contributed by atoms with Gasteiger partial charge in [-0.25, -0.2) is 38.7 Å². The summed E-state index contributed by atoms with van der Waals surface area (Å²) in [6, 6.07) is 30.8. The van der Waals surface area contributed by atoms with Crippen molar-refractivity contribution < 1.29 is 68.6 Å². The molecule has 4 fully saturated rings. The number of carboxylic acid groups (broad SMARTS) is 5. The van der Waals surface area contributed by atoms with E-state index >= 15 is 0 Å². The van der Waals surface area contributed by atoms with E-state index < -0.39 is 29.8 Å². The molecule has 16 heterocycles. The molecule has 20 rings (SSSR count). The first kappa shape index (κ1) is 74.3. The number of imidazole rings is 4. The summed E-state index contributed by atoms with van der Waals surface area (Å²) in [7, 11) is 0. The molecule has 16 aromatic rings. The minimum Gasteiger partial charge on any atom is -0.481 e. The van der Waals surface area contributed by atoms with Crippen molar-refractivity contribution in [2.24, 2.45) is 5.92 Å². The third-order valence-corrected chi connectivity index (χ3v) is 19.6. The van der Waals surface area contributed by atoms with E-state index in [-0.39, 0.29) is 63.0 Å². The zero-order chi connectivity index (χ0) is 80.5. The van der Waals surface area contributed by atoms with Crippen LogP contribution in [0.4, 0.5) is 23.8 Å². The number of para-hydroxylation sites is 4.